The van der Waals surface area contributed by atoms with Crippen LogP contribution in [0.3, 0.4) is 0 Å². The molecule has 3 rings (SSSR count). The van der Waals surface area contributed by atoms with E-state index in [-0.39, 0.29) is 5.78 Å². The maximum Gasteiger partial charge on any atom is 0.197 e. The lowest BCUT2D eigenvalue weighted by atomic mass is 10.1. The molecular formula is C15H11FN4OS. The third kappa shape index (κ3) is 2.84. The number of rotatable bonds is 4. The van der Waals surface area contributed by atoms with Crippen LogP contribution in [0, 0.1) is 12.7 Å². The number of aromatic nitrogens is 4. The zero-order valence-electron chi connectivity index (χ0n) is 11.6. The highest BCUT2D eigenvalue weighted by atomic mass is 32.1. The summed E-state index contributed by atoms with van der Waals surface area (Å²) in [5.74, 6) is -0.574. The number of aryl methyl sites for hydroxylation is 1. The molecule has 0 atom stereocenters. The second-order valence-corrected chi connectivity index (χ2v) is 5.37. The van der Waals surface area contributed by atoms with Crippen molar-refractivity contribution in [3.8, 4) is 5.69 Å². The van der Waals surface area contributed by atoms with Crippen LogP contribution in [0.2, 0.25) is 0 Å². The molecular weight excluding hydrogens is 303 g/mol. The van der Waals surface area contributed by atoms with Gasteiger partial charge in [0.05, 0.1) is 16.1 Å². The highest BCUT2D eigenvalue weighted by Gasteiger charge is 2.09. The van der Waals surface area contributed by atoms with Crippen LogP contribution in [0.15, 0.2) is 42.4 Å². The fraction of sp³-hybridized carbons (Fsp3) is 0.0667. The van der Waals surface area contributed by atoms with Gasteiger partial charge in [0.25, 0.3) is 0 Å². The second kappa shape index (κ2) is 5.98. The third-order valence-electron chi connectivity index (χ3n) is 3.03. The Bertz CT molecular complexity index is 839. The number of thiazole rings is 1. The summed E-state index contributed by atoms with van der Waals surface area (Å²) in [7, 11) is 0. The van der Waals surface area contributed by atoms with Gasteiger partial charge >= 0.3 is 0 Å². The Balaban J connectivity index is 1.82. The third-order valence-corrected chi connectivity index (χ3v) is 3.98. The van der Waals surface area contributed by atoms with Gasteiger partial charge in [0.15, 0.2) is 5.78 Å². The minimum absolute atomic E-state index is 0.138. The average molecular weight is 314 g/mol. The maximum atomic E-state index is 14.1. The van der Waals surface area contributed by atoms with E-state index in [1.165, 1.54) is 40.8 Å². The van der Waals surface area contributed by atoms with Crippen molar-refractivity contribution in [2.75, 3.05) is 0 Å². The number of benzene rings is 1. The first-order chi connectivity index (χ1) is 10.6. The summed E-state index contributed by atoms with van der Waals surface area (Å²) in [5.41, 5.74) is 3.23. The summed E-state index contributed by atoms with van der Waals surface area (Å²) in [6.07, 6.45) is 5.76. The first-order valence-corrected chi connectivity index (χ1v) is 7.30. The Morgan fingerprint density at radius 2 is 2.27 bits per heavy atom. The first-order valence-electron chi connectivity index (χ1n) is 6.42. The Hall–Kier alpha value is -2.67. The van der Waals surface area contributed by atoms with E-state index >= 15 is 0 Å². The van der Waals surface area contributed by atoms with Gasteiger partial charge in [-0.3, -0.25) is 4.79 Å². The van der Waals surface area contributed by atoms with Crippen LogP contribution >= 0.6 is 11.3 Å². The van der Waals surface area contributed by atoms with Crippen molar-refractivity contribution >= 4 is 23.2 Å². The average Bonchev–Trinajstić information content (AvgIpc) is 3.16. The fourth-order valence-corrected chi connectivity index (χ4v) is 2.65. The Morgan fingerprint density at radius 1 is 1.41 bits per heavy atom. The lowest BCUT2D eigenvalue weighted by Crippen LogP contribution is -1.98. The smallest absolute Gasteiger partial charge is 0.197 e. The summed E-state index contributed by atoms with van der Waals surface area (Å²) < 4.78 is 15.4. The number of carbonyl (C=O) groups excluding carboxylic acids is 1. The highest BCUT2D eigenvalue weighted by Crippen LogP contribution is 2.17. The maximum absolute atomic E-state index is 14.1. The standard InChI is InChI=1S/C15H11FN4OS/c1-10-15(22-9-18-10)14(21)5-3-11-2-4-13(12(16)6-11)20-8-17-7-19-20/h2-9H,1H3. The van der Waals surface area contributed by atoms with Gasteiger partial charge in [-0.2, -0.15) is 5.10 Å². The number of ketones is 1. The van der Waals surface area contributed by atoms with Crippen molar-refractivity contribution in [3.05, 3.63) is 64.4 Å². The van der Waals surface area contributed by atoms with Gasteiger partial charge in [0.2, 0.25) is 0 Å². The van der Waals surface area contributed by atoms with E-state index in [2.05, 4.69) is 15.1 Å². The van der Waals surface area contributed by atoms with Crippen LogP contribution < -0.4 is 0 Å². The molecule has 0 saturated carbocycles. The molecule has 7 heteroatoms. The minimum atomic E-state index is -0.436. The monoisotopic (exact) mass is 314 g/mol. The largest absolute Gasteiger partial charge is 0.288 e. The Kier molecular flexibility index (Phi) is 3.88. The fourth-order valence-electron chi connectivity index (χ4n) is 1.93. The van der Waals surface area contributed by atoms with E-state index in [0.717, 1.165) is 0 Å². The van der Waals surface area contributed by atoms with Gasteiger partial charge in [-0.1, -0.05) is 12.1 Å². The molecule has 0 aliphatic heterocycles. The summed E-state index contributed by atoms with van der Waals surface area (Å²) in [5, 5.41) is 3.88. The van der Waals surface area contributed by atoms with Crippen LogP contribution in [-0.2, 0) is 0 Å². The molecule has 2 heterocycles. The van der Waals surface area contributed by atoms with Crippen molar-refractivity contribution in [1.29, 1.82) is 0 Å². The molecule has 0 amide bonds. The Morgan fingerprint density at radius 3 is 2.91 bits per heavy atom. The summed E-state index contributed by atoms with van der Waals surface area (Å²) in [6.45, 7) is 1.78. The number of halogens is 1. The summed E-state index contributed by atoms with van der Waals surface area (Å²) in [6, 6.07) is 4.65. The molecule has 3 aromatic rings. The SMILES string of the molecule is Cc1ncsc1C(=O)C=Cc1ccc(-n2cncn2)c(F)c1. The minimum Gasteiger partial charge on any atom is -0.288 e. The topological polar surface area (TPSA) is 60.7 Å². The lowest BCUT2D eigenvalue weighted by Gasteiger charge is -2.03. The van der Waals surface area contributed by atoms with Crippen LogP contribution in [-0.4, -0.2) is 25.5 Å². The molecule has 0 aliphatic carbocycles. The van der Waals surface area contributed by atoms with E-state index in [1.807, 2.05) is 0 Å². The Labute approximate surface area is 129 Å². The van der Waals surface area contributed by atoms with Gasteiger partial charge in [-0.15, -0.1) is 11.3 Å². The number of nitrogens with zero attached hydrogens (tertiary/aromatic N) is 4. The van der Waals surface area contributed by atoms with Gasteiger partial charge in [0.1, 0.15) is 24.2 Å². The van der Waals surface area contributed by atoms with Gasteiger partial charge in [-0.05, 0) is 30.7 Å². The summed E-state index contributed by atoms with van der Waals surface area (Å²) >= 11 is 1.29. The van der Waals surface area contributed by atoms with Crippen molar-refractivity contribution in [2.24, 2.45) is 0 Å². The van der Waals surface area contributed by atoms with Crippen molar-refractivity contribution in [1.82, 2.24) is 19.7 Å². The molecule has 22 heavy (non-hydrogen) atoms. The molecule has 0 unspecified atom stereocenters. The number of allylic oxidation sites excluding steroid dienone is 1. The van der Waals surface area contributed by atoms with Crippen molar-refractivity contribution in [3.63, 3.8) is 0 Å². The molecule has 0 spiro atoms. The van der Waals surface area contributed by atoms with Gasteiger partial charge < -0.3 is 0 Å². The predicted molar refractivity (Wildman–Crippen MR) is 81.5 cm³/mol. The molecule has 2 aromatic heterocycles. The van der Waals surface area contributed by atoms with Gasteiger partial charge in [0, 0.05) is 0 Å². The second-order valence-electron chi connectivity index (χ2n) is 4.52. The highest BCUT2D eigenvalue weighted by molar-refractivity contribution is 7.12. The molecule has 0 bridgehead atoms. The zero-order valence-corrected chi connectivity index (χ0v) is 12.4. The molecule has 5 nitrogen and oxygen atoms in total. The quantitative estimate of drug-likeness (QED) is 0.548. The van der Waals surface area contributed by atoms with E-state index in [9.17, 15) is 9.18 Å². The van der Waals surface area contributed by atoms with E-state index in [1.54, 1.807) is 30.6 Å². The molecule has 0 fully saturated rings. The molecule has 0 saturated heterocycles. The van der Waals surface area contributed by atoms with Crippen LogP contribution in [0.25, 0.3) is 11.8 Å². The predicted octanol–water partition coefficient (Wildman–Crippen LogP) is 3.07. The normalized spacial score (nSPS) is 11.2. The van der Waals surface area contributed by atoms with Crippen molar-refractivity contribution in [2.45, 2.75) is 6.92 Å². The van der Waals surface area contributed by atoms with E-state index in [4.69, 9.17) is 0 Å². The molecule has 0 N–H and O–H groups in total. The molecule has 110 valence electrons. The van der Waals surface area contributed by atoms with Crippen LogP contribution in [0.5, 0.6) is 0 Å². The van der Waals surface area contributed by atoms with Crippen molar-refractivity contribution < 1.29 is 9.18 Å². The molecule has 0 aliphatic rings. The number of carbonyl (C=O) groups is 1. The lowest BCUT2D eigenvalue weighted by molar-refractivity contribution is 0.105. The molecule has 0 radical (unpaired) electrons. The zero-order chi connectivity index (χ0) is 15.5. The summed E-state index contributed by atoms with van der Waals surface area (Å²) in [4.78, 5) is 20.4. The number of hydrogen-bond acceptors (Lipinski definition) is 5. The first kappa shape index (κ1) is 14.3. The van der Waals surface area contributed by atoms with E-state index in [0.29, 0.717) is 21.8 Å². The number of hydrogen-bond donors (Lipinski definition) is 0. The molecule has 1 aromatic carbocycles. The van der Waals surface area contributed by atoms with Crippen LogP contribution in [0.1, 0.15) is 20.9 Å². The van der Waals surface area contributed by atoms with E-state index < -0.39 is 5.82 Å². The van der Waals surface area contributed by atoms with Crippen LogP contribution in [0.4, 0.5) is 4.39 Å². The van der Waals surface area contributed by atoms with Gasteiger partial charge in [-0.25, -0.2) is 19.0 Å².